The minimum atomic E-state index is -0.256. The first kappa shape index (κ1) is 26.4. The summed E-state index contributed by atoms with van der Waals surface area (Å²) in [6, 6.07) is 20.0. The third kappa shape index (κ3) is 6.12. The summed E-state index contributed by atoms with van der Waals surface area (Å²) in [6.07, 6.45) is 4.16. The number of methoxy groups -OCH3 is 2. The second kappa shape index (κ2) is 12.1. The number of carbonyl (C=O) groups excluding carboxylic acids is 1. The van der Waals surface area contributed by atoms with Crippen molar-refractivity contribution in [3.8, 4) is 11.5 Å². The lowest BCUT2D eigenvalue weighted by Gasteiger charge is -2.38. The number of para-hydroxylation sites is 1. The number of pyridine rings is 1. The summed E-state index contributed by atoms with van der Waals surface area (Å²) in [7, 11) is 3.34. The van der Waals surface area contributed by atoms with Crippen LogP contribution in [-0.2, 0) is 12.8 Å². The van der Waals surface area contributed by atoms with E-state index in [1.165, 1.54) is 17.7 Å². The van der Waals surface area contributed by atoms with Crippen LogP contribution in [0.4, 0.5) is 14.9 Å². The van der Waals surface area contributed by atoms with Gasteiger partial charge in [-0.2, -0.15) is 0 Å². The highest BCUT2D eigenvalue weighted by Crippen LogP contribution is 2.41. The van der Waals surface area contributed by atoms with Gasteiger partial charge >= 0.3 is 6.03 Å². The molecule has 0 bridgehead atoms. The fourth-order valence-electron chi connectivity index (χ4n) is 5.36. The number of ether oxygens (including phenoxy) is 2. The van der Waals surface area contributed by atoms with E-state index < -0.39 is 0 Å². The zero-order chi connectivity index (χ0) is 27.2. The first-order chi connectivity index (χ1) is 19.1. The smallest absolute Gasteiger partial charge is 0.319 e. The van der Waals surface area contributed by atoms with Gasteiger partial charge < -0.3 is 20.1 Å². The van der Waals surface area contributed by atoms with Crippen molar-refractivity contribution in [1.82, 2.24) is 15.2 Å². The molecule has 202 valence electrons. The molecule has 2 heterocycles. The molecule has 2 N–H and O–H groups in total. The Morgan fingerprint density at radius 1 is 1.08 bits per heavy atom. The molecule has 1 aromatic heterocycles. The van der Waals surface area contributed by atoms with E-state index in [9.17, 15) is 9.18 Å². The van der Waals surface area contributed by atoms with E-state index in [0.717, 1.165) is 65.0 Å². The third-order valence-electron chi connectivity index (χ3n) is 7.30. The maximum absolute atomic E-state index is 13.5. The number of nitrogens with one attached hydrogen (secondary N) is 2. The number of aromatic nitrogens is 1. The Morgan fingerprint density at radius 3 is 2.69 bits per heavy atom. The number of urea groups is 1. The zero-order valence-electron chi connectivity index (χ0n) is 22.2. The predicted octanol–water partition coefficient (Wildman–Crippen LogP) is 5.74. The van der Waals surface area contributed by atoms with Crippen LogP contribution in [0, 0.1) is 5.82 Å². The van der Waals surface area contributed by atoms with Gasteiger partial charge in [0.2, 0.25) is 0 Å². The molecule has 2 amide bonds. The van der Waals surface area contributed by atoms with Crippen molar-refractivity contribution in [2.45, 2.75) is 25.3 Å². The highest BCUT2D eigenvalue weighted by atomic mass is 19.1. The van der Waals surface area contributed by atoms with Crippen molar-refractivity contribution in [3.63, 3.8) is 0 Å². The molecule has 4 aromatic rings. The summed E-state index contributed by atoms with van der Waals surface area (Å²) in [6.45, 7) is 2.00. The van der Waals surface area contributed by atoms with E-state index in [-0.39, 0.29) is 17.9 Å². The number of amides is 2. The van der Waals surface area contributed by atoms with E-state index in [2.05, 4.69) is 26.6 Å². The van der Waals surface area contributed by atoms with Gasteiger partial charge in [-0.1, -0.05) is 30.3 Å². The molecule has 5 rings (SSSR count). The number of halogens is 1. The first-order valence-electron chi connectivity index (χ1n) is 13.2. The Labute approximate surface area is 228 Å². The molecule has 1 atom stereocenters. The maximum atomic E-state index is 13.5. The van der Waals surface area contributed by atoms with Gasteiger partial charge in [0.15, 0.2) is 0 Å². The molecule has 3 aromatic carbocycles. The number of carbonyl (C=O) groups is 1. The number of aryl methyl sites for hydroxylation is 1. The SMILES string of the molecule is COc1cc2c(c(OC)c1)C(CCc1ccc(F)cc1)N(CCNC(=O)Nc1ccnc3ccccc13)CC2. The lowest BCUT2D eigenvalue weighted by molar-refractivity contribution is 0.172. The van der Waals surface area contributed by atoms with Crippen LogP contribution in [-0.4, -0.2) is 49.8 Å². The average molecular weight is 529 g/mol. The molecule has 1 aliphatic heterocycles. The lowest BCUT2D eigenvalue weighted by atomic mass is 9.87. The number of anilines is 1. The van der Waals surface area contributed by atoms with Crippen LogP contribution < -0.4 is 20.1 Å². The molecule has 0 spiro atoms. The van der Waals surface area contributed by atoms with Gasteiger partial charge in [0, 0.05) is 48.9 Å². The lowest BCUT2D eigenvalue weighted by Crippen LogP contribution is -2.42. The molecule has 1 aliphatic rings. The van der Waals surface area contributed by atoms with E-state index in [1.54, 1.807) is 26.5 Å². The minimum absolute atomic E-state index is 0.0775. The number of nitrogens with zero attached hydrogens (tertiary/aromatic N) is 2. The second-order valence-electron chi connectivity index (χ2n) is 9.63. The van der Waals surface area contributed by atoms with E-state index in [0.29, 0.717) is 13.1 Å². The Hall–Kier alpha value is -4.17. The summed E-state index contributed by atoms with van der Waals surface area (Å²) in [4.78, 5) is 19.5. The maximum Gasteiger partial charge on any atom is 0.319 e. The monoisotopic (exact) mass is 528 g/mol. The third-order valence-corrected chi connectivity index (χ3v) is 7.30. The Balaban J connectivity index is 1.29. The quantitative estimate of drug-likeness (QED) is 0.290. The Bertz CT molecular complexity index is 1420. The van der Waals surface area contributed by atoms with Crippen molar-refractivity contribution >= 4 is 22.6 Å². The number of fused-ring (bicyclic) bond motifs is 2. The summed E-state index contributed by atoms with van der Waals surface area (Å²) in [5, 5.41) is 6.86. The fraction of sp³-hybridized carbons (Fsp3) is 0.290. The minimum Gasteiger partial charge on any atom is -0.497 e. The summed E-state index contributed by atoms with van der Waals surface area (Å²) < 4.78 is 24.8. The van der Waals surface area contributed by atoms with Crippen molar-refractivity contribution in [2.75, 3.05) is 39.2 Å². The van der Waals surface area contributed by atoms with Crippen LogP contribution in [0.3, 0.4) is 0 Å². The van der Waals surface area contributed by atoms with Crippen molar-refractivity contribution in [1.29, 1.82) is 0 Å². The highest BCUT2D eigenvalue weighted by Gasteiger charge is 2.30. The van der Waals surface area contributed by atoms with Crippen molar-refractivity contribution in [2.24, 2.45) is 0 Å². The molecule has 39 heavy (non-hydrogen) atoms. The summed E-state index contributed by atoms with van der Waals surface area (Å²) >= 11 is 0. The zero-order valence-corrected chi connectivity index (χ0v) is 22.2. The largest absolute Gasteiger partial charge is 0.497 e. The second-order valence-corrected chi connectivity index (χ2v) is 9.63. The van der Waals surface area contributed by atoms with Gasteiger partial charge in [-0.05, 0) is 60.7 Å². The fourth-order valence-corrected chi connectivity index (χ4v) is 5.36. The molecule has 0 aliphatic carbocycles. The topological polar surface area (TPSA) is 75.7 Å². The van der Waals surface area contributed by atoms with Gasteiger partial charge in [-0.15, -0.1) is 0 Å². The molecule has 7 nitrogen and oxygen atoms in total. The van der Waals surface area contributed by atoms with Crippen molar-refractivity contribution in [3.05, 3.63) is 95.4 Å². The number of rotatable bonds is 9. The molecular formula is C31H33FN4O3. The van der Waals surface area contributed by atoms with Crippen LogP contribution in [0.15, 0.2) is 72.9 Å². The van der Waals surface area contributed by atoms with E-state index >= 15 is 0 Å². The summed E-state index contributed by atoms with van der Waals surface area (Å²) in [5.74, 6) is 1.34. The molecule has 0 saturated carbocycles. The number of hydrogen-bond acceptors (Lipinski definition) is 5. The standard InChI is InChI=1S/C31H33FN4O3/c1-38-24-19-22-14-17-36(18-16-34-31(37)35-27-13-15-33-26-6-4-3-5-25(26)27)28(30(22)29(20-24)39-2)12-9-21-7-10-23(32)11-8-21/h3-8,10-11,13,15,19-20,28H,9,12,14,16-18H2,1-2H3,(H2,33,34,35,37). The van der Waals surface area contributed by atoms with E-state index in [4.69, 9.17) is 9.47 Å². The van der Waals surface area contributed by atoms with Crippen molar-refractivity contribution < 1.29 is 18.7 Å². The highest BCUT2D eigenvalue weighted by molar-refractivity contribution is 6.00. The predicted molar refractivity (Wildman–Crippen MR) is 151 cm³/mol. The van der Waals surface area contributed by atoms with Crippen LogP contribution in [0.5, 0.6) is 11.5 Å². The normalized spacial score (nSPS) is 15.0. The number of hydrogen-bond donors (Lipinski definition) is 2. The molecular weight excluding hydrogens is 495 g/mol. The van der Waals surface area contributed by atoms with Gasteiger partial charge in [-0.3, -0.25) is 9.88 Å². The Morgan fingerprint density at radius 2 is 1.90 bits per heavy atom. The Kier molecular flexibility index (Phi) is 8.22. The molecule has 0 radical (unpaired) electrons. The number of benzene rings is 3. The summed E-state index contributed by atoms with van der Waals surface area (Å²) in [5.41, 5.74) is 5.00. The molecule has 8 heteroatoms. The van der Waals surface area contributed by atoms with Gasteiger partial charge in [0.1, 0.15) is 17.3 Å². The van der Waals surface area contributed by atoms with Crippen LogP contribution in [0.2, 0.25) is 0 Å². The van der Waals surface area contributed by atoms with Gasteiger partial charge in [0.25, 0.3) is 0 Å². The van der Waals surface area contributed by atoms with Crippen LogP contribution in [0.25, 0.3) is 10.9 Å². The first-order valence-corrected chi connectivity index (χ1v) is 13.2. The molecule has 0 fully saturated rings. The van der Waals surface area contributed by atoms with Gasteiger partial charge in [-0.25, -0.2) is 9.18 Å². The van der Waals surface area contributed by atoms with E-state index in [1.807, 2.05) is 42.5 Å². The average Bonchev–Trinajstić information content (AvgIpc) is 2.96. The molecule has 0 saturated heterocycles. The molecule has 1 unspecified atom stereocenters. The van der Waals surface area contributed by atoms with Crippen LogP contribution in [0.1, 0.15) is 29.2 Å². The van der Waals surface area contributed by atoms with Crippen LogP contribution >= 0.6 is 0 Å². The van der Waals surface area contributed by atoms with Gasteiger partial charge in [0.05, 0.1) is 25.4 Å².